The number of aliphatic hydroxyl groups excluding tert-OH is 2. The molecule has 0 saturated heterocycles. The van der Waals surface area contributed by atoms with Crippen molar-refractivity contribution in [3.63, 3.8) is 0 Å². The molecule has 0 aliphatic rings. The van der Waals surface area contributed by atoms with Crippen LogP contribution in [-0.4, -0.2) is 97.9 Å². The Labute approximate surface area is 346 Å². The van der Waals surface area contributed by atoms with E-state index in [1.807, 2.05) is 12.1 Å². The number of anilines is 2. The fourth-order valence-corrected chi connectivity index (χ4v) is 6.33. The first-order valence-electron chi connectivity index (χ1n) is 17.1. The van der Waals surface area contributed by atoms with Gasteiger partial charge in [-0.25, -0.2) is 29.9 Å². The van der Waals surface area contributed by atoms with Crippen LogP contribution < -0.4 is 25.7 Å². The van der Waals surface area contributed by atoms with Gasteiger partial charge in [0.25, 0.3) is 11.4 Å². The van der Waals surface area contributed by atoms with Crippen molar-refractivity contribution in [2.45, 2.75) is 38.9 Å². The molecule has 0 unspecified atom stereocenters. The van der Waals surface area contributed by atoms with E-state index in [1.165, 1.54) is 46.9 Å². The Morgan fingerprint density at radius 3 is 1.55 bits per heavy atom. The molecule has 0 fully saturated rings. The van der Waals surface area contributed by atoms with Crippen LogP contribution in [0.3, 0.4) is 0 Å². The third kappa shape index (κ3) is 15.5. The molecule has 0 aliphatic carbocycles. The Hall–Kier alpha value is -5.43. The number of ether oxygens (including phenoxy) is 3. The first-order chi connectivity index (χ1) is 27.4. The zero-order chi connectivity index (χ0) is 42.9. The highest BCUT2D eigenvalue weighted by molar-refractivity contribution is 7.21. The second-order valence-electron chi connectivity index (χ2n) is 12.9. The van der Waals surface area contributed by atoms with E-state index in [2.05, 4.69) is 63.8 Å². The summed E-state index contributed by atoms with van der Waals surface area (Å²) in [6, 6.07) is 12.5. The van der Waals surface area contributed by atoms with Crippen molar-refractivity contribution >= 4 is 84.9 Å². The molecule has 6 heterocycles. The third-order valence-electron chi connectivity index (χ3n) is 7.63. The predicted molar refractivity (Wildman–Crippen MR) is 224 cm³/mol. The van der Waals surface area contributed by atoms with E-state index in [4.69, 9.17) is 51.9 Å². The lowest BCUT2D eigenvalue weighted by Gasteiger charge is -2.36. The Bertz CT molecular complexity index is 2210. The molecule has 312 valence electrons. The van der Waals surface area contributed by atoms with Crippen molar-refractivity contribution in [2.24, 2.45) is 0 Å². The molecule has 20 nitrogen and oxygen atoms in total. The smallest absolute Gasteiger partial charge is 0.287 e. The van der Waals surface area contributed by atoms with Gasteiger partial charge in [0.15, 0.2) is 18.6 Å². The number of nitrogens with zero attached hydrogens (tertiary/aromatic N) is 8. The first kappa shape index (κ1) is 46.9. The molecule has 6 aromatic heterocycles. The molecule has 0 aliphatic heterocycles. The van der Waals surface area contributed by atoms with Crippen LogP contribution in [0.5, 0.6) is 17.6 Å². The zero-order valence-electron chi connectivity index (χ0n) is 32.1. The number of pyridine rings is 4. The van der Waals surface area contributed by atoms with Crippen LogP contribution in [0.2, 0.25) is 23.3 Å². The van der Waals surface area contributed by atoms with Gasteiger partial charge in [-0.2, -0.15) is 0 Å². The molecule has 0 aromatic carbocycles. The first-order valence-corrected chi connectivity index (χ1v) is 22.0. The number of hydrogen-bond donors (Lipinski definition) is 4. The quantitative estimate of drug-likeness (QED) is 0.0324. The maximum atomic E-state index is 10.2. The van der Waals surface area contributed by atoms with Crippen molar-refractivity contribution in [3.8, 4) is 17.6 Å². The molecule has 0 amide bonds. The highest BCUT2D eigenvalue weighted by Gasteiger charge is 2.36. The monoisotopic (exact) mass is 878 g/mol. The van der Waals surface area contributed by atoms with Gasteiger partial charge in [-0.3, -0.25) is 20.2 Å². The summed E-state index contributed by atoms with van der Waals surface area (Å²) >= 11 is 8.06. The van der Waals surface area contributed by atoms with Crippen LogP contribution in [0.15, 0.2) is 60.9 Å². The second kappa shape index (κ2) is 22.5. The number of fused-ring (bicyclic) bond motifs is 2. The van der Waals surface area contributed by atoms with Crippen LogP contribution in [0.1, 0.15) is 20.8 Å². The molecule has 58 heavy (non-hydrogen) atoms. The van der Waals surface area contributed by atoms with E-state index in [-0.39, 0.29) is 53.9 Å². The number of nitrogen functional groups attached to an aromatic ring is 2. The van der Waals surface area contributed by atoms with E-state index in [0.29, 0.717) is 35.2 Å². The standard InChI is InChI=1S/C14H23N3O2SSi.C8H9N3O2S.C7H8N2O4.C5H3ClN2O2/c1-14(2,3)21(4,5)19-9-8-18-11-7-6-10-12(17-11)20-13(15)16-10;9-8-10-5-1-2-6(13-4-3-12)11-7(5)14-8;10-3-4-13-7-2-1-6(5-8-7)9(11)12;6-5-2-1-4(3-7-5)8(9)10/h6-7H,8-9H2,1-5H3,(H2,15,16);1-2,12H,3-4H2,(H2,9,10);1-2,5,10H,3-4H2;1-3H. The van der Waals surface area contributed by atoms with Gasteiger partial charge in [0.05, 0.1) is 29.7 Å². The fourth-order valence-electron chi connectivity index (χ4n) is 3.80. The summed E-state index contributed by atoms with van der Waals surface area (Å²) < 4.78 is 21.8. The summed E-state index contributed by atoms with van der Waals surface area (Å²) in [5.41, 5.74) is 12.6. The summed E-state index contributed by atoms with van der Waals surface area (Å²) in [5, 5.41) is 38.7. The number of nitrogens with two attached hydrogens (primary N) is 2. The lowest BCUT2D eigenvalue weighted by molar-refractivity contribution is -0.385. The molecule has 6 N–H and O–H groups in total. The van der Waals surface area contributed by atoms with E-state index in [1.54, 1.807) is 12.1 Å². The minimum atomic E-state index is -1.71. The predicted octanol–water partition coefficient (Wildman–Crippen LogP) is 6.32. The van der Waals surface area contributed by atoms with Gasteiger partial charge in [0.2, 0.25) is 17.6 Å². The van der Waals surface area contributed by atoms with Crippen molar-refractivity contribution in [3.05, 3.63) is 86.3 Å². The average molecular weight is 879 g/mol. The van der Waals surface area contributed by atoms with Crippen LogP contribution in [0.25, 0.3) is 20.7 Å². The van der Waals surface area contributed by atoms with E-state index >= 15 is 0 Å². The van der Waals surface area contributed by atoms with Crippen molar-refractivity contribution in [1.82, 2.24) is 29.9 Å². The number of halogens is 1. The van der Waals surface area contributed by atoms with Crippen LogP contribution in [-0.2, 0) is 4.43 Å². The molecule has 24 heteroatoms. The van der Waals surface area contributed by atoms with Gasteiger partial charge < -0.3 is 40.3 Å². The highest BCUT2D eigenvalue weighted by atomic mass is 35.5. The number of rotatable bonds is 13. The molecule has 6 aromatic rings. The maximum Gasteiger partial charge on any atom is 0.287 e. The Kier molecular flexibility index (Phi) is 18.2. The summed E-state index contributed by atoms with van der Waals surface area (Å²) in [4.78, 5) is 44.7. The van der Waals surface area contributed by atoms with Gasteiger partial charge in [-0.15, -0.1) is 0 Å². The van der Waals surface area contributed by atoms with Crippen LogP contribution in [0.4, 0.5) is 21.6 Å². The van der Waals surface area contributed by atoms with Gasteiger partial charge in [0, 0.05) is 30.3 Å². The normalized spacial score (nSPS) is 11.0. The molecule has 6 rings (SSSR count). The van der Waals surface area contributed by atoms with Crippen molar-refractivity contribution in [2.75, 3.05) is 51.1 Å². The minimum absolute atomic E-state index is 0.0233. The largest absolute Gasteiger partial charge is 0.475 e. The van der Waals surface area contributed by atoms with Gasteiger partial charge in [-0.05, 0) is 36.3 Å². The Balaban J connectivity index is 0.000000215. The molecule has 0 radical (unpaired) electrons. The highest BCUT2D eigenvalue weighted by Crippen LogP contribution is 2.36. The molecule has 0 atom stereocenters. The number of aliphatic hydroxyl groups is 2. The van der Waals surface area contributed by atoms with Gasteiger partial charge in [-0.1, -0.05) is 55.0 Å². The molecule has 0 saturated carbocycles. The third-order valence-corrected chi connectivity index (χ3v) is 14.0. The van der Waals surface area contributed by atoms with Gasteiger partial charge >= 0.3 is 0 Å². The number of aromatic nitrogens is 6. The van der Waals surface area contributed by atoms with Crippen molar-refractivity contribution in [1.29, 1.82) is 0 Å². The summed E-state index contributed by atoms with van der Waals surface area (Å²) in [5.74, 6) is 1.33. The Morgan fingerprint density at radius 1 is 0.690 bits per heavy atom. The van der Waals surface area contributed by atoms with Crippen LogP contribution in [0, 0.1) is 20.2 Å². The maximum absolute atomic E-state index is 10.2. The lowest BCUT2D eigenvalue weighted by Crippen LogP contribution is -2.41. The van der Waals surface area contributed by atoms with Crippen LogP contribution >= 0.6 is 34.3 Å². The summed E-state index contributed by atoms with van der Waals surface area (Å²) in [6.07, 6.45) is 2.22. The average Bonchev–Trinajstić information content (AvgIpc) is 3.75. The molecular formula is C34H43ClN10O10S2Si. The van der Waals surface area contributed by atoms with E-state index < -0.39 is 18.2 Å². The topological polar surface area (TPSA) is 293 Å². The zero-order valence-corrected chi connectivity index (χ0v) is 35.5. The fraction of sp³-hybridized carbons (Fsp3) is 0.353. The summed E-state index contributed by atoms with van der Waals surface area (Å²) in [6.45, 7) is 12.5. The number of thiazole rings is 2. The van der Waals surface area contributed by atoms with E-state index in [0.717, 1.165) is 33.1 Å². The SMILES string of the molecule is CC(C)(C)[Si](C)(C)OCCOc1ccc2nc(N)sc2n1.Nc1nc2ccc(OCCO)nc2s1.O=[N+]([O-])c1ccc(Cl)nc1.O=[N+]([O-])c1ccc(OCCO)nc1. The number of hydrogen-bond acceptors (Lipinski definition) is 20. The molecular weight excluding hydrogens is 836 g/mol. The summed E-state index contributed by atoms with van der Waals surface area (Å²) in [7, 11) is -1.71. The number of nitro groups is 2. The lowest BCUT2D eigenvalue weighted by atomic mass is 10.2. The van der Waals surface area contributed by atoms with E-state index in [9.17, 15) is 20.2 Å². The minimum Gasteiger partial charge on any atom is -0.475 e. The second-order valence-corrected chi connectivity index (χ2v) is 20.1. The molecule has 0 bridgehead atoms. The molecule has 0 spiro atoms. The van der Waals surface area contributed by atoms with Crippen molar-refractivity contribution < 1.29 is 38.7 Å². The van der Waals surface area contributed by atoms with Gasteiger partial charge in [0.1, 0.15) is 58.1 Å². The Morgan fingerprint density at radius 2 is 1.14 bits per heavy atom.